The van der Waals surface area contributed by atoms with E-state index in [2.05, 4.69) is 12.1 Å². The Bertz CT molecular complexity index is 667. The fourth-order valence-electron chi connectivity index (χ4n) is 2.62. The van der Waals surface area contributed by atoms with E-state index in [1.165, 1.54) is 10.4 Å². The minimum Gasteiger partial charge on any atom is -0.497 e. The third kappa shape index (κ3) is 3.45. The van der Waals surface area contributed by atoms with Crippen LogP contribution in [0.1, 0.15) is 21.1 Å². The van der Waals surface area contributed by atoms with Crippen molar-refractivity contribution in [1.29, 1.82) is 0 Å². The fraction of sp³-hybridized carbons (Fsp3) is 0.375. The number of fused-ring (bicyclic) bond motifs is 1. The van der Waals surface area contributed by atoms with Gasteiger partial charge in [0.2, 0.25) is 0 Å². The van der Waals surface area contributed by atoms with E-state index in [-0.39, 0.29) is 6.54 Å². The second kappa shape index (κ2) is 6.46. The molecular formula is C16H18N2O3S. The van der Waals surface area contributed by atoms with Crippen LogP contribution in [0, 0.1) is 0 Å². The number of benzene rings is 1. The van der Waals surface area contributed by atoms with Crippen molar-refractivity contribution in [2.24, 2.45) is 0 Å². The highest BCUT2D eigenvalue weighted by molar-refractivity contribution is 7.11. The molecule has 1 aliphatic heterocycles. The van der Waals surface area contributed by atoms with E-state index < -0.39 is 5.97 Å². The summed E-state index contributed by atoms with van der Waals surface area (Å²) >= 11 is 1.69. The summed E-state index contributed by atoms with van der Waals surface area (Å²) in [4.78, 5) is 18.7. The van der Waals surface area contributed by atoms with E-state index in [9.17, 15) is 4.79 Å². The summed E-state index contributed by atoms with van der Waals surface area (Å²) in [5.41, 5.74) is 2.34. The van der Waals surface area contributed by atoms with E-state index in [0.717, 1.165) is 35.8 Å². The Morgan fingerprint density at radius 3 is 2.86 bits per heavy atom. The van der Waals surface area contributed by atoms with Gasteiger partial charge in [-0.3, -0.25) is 9.69 Å². The van der Waals surface area contributed by atoms with Crippen molar-refractivity contribution in [2.75, 3.05) is 20.2 Å². The van der Waals surface area contributed by atoms with E-state index in [1.54, 1.807) is 18.4 Å². The summed E-state index contributed by atoms with van der Waals surface area (Å²) in [6, 6.07) is 8.01. The maximum atomic E-state index is 10.8. The van der Waals surface area contributed by atoms with Gasteiger partial charge in [-0.25, -0.2) is 4.98 Å². The number of methoxy groups -OCH3 is 1. The molecule has 5 nitrogen and oxygen atoms in total. The summed E-state index contributed by atoms with van der Waals surface area (Å²) < 4.78 is 5.16. The van der Waals surface area contributed by atoms with Crippen molar-refractivity contribution in [1.82, 2.24) is 9.88 Å². The molecule has 2 heterocycles. The number of aromatic nitrogens is 1. The topological polar surface area (TPSA) is 62.7 Å². The standard InChI is InChI=1S/C16H18N2O3S/c1-21-12-4-2-11(3-5-12)8-15-17-13-6-7-18(10-16(19)20)9-14(13)22-15/h2-5H,6-10H2,1H3,(H,19,20). The van der Waals surface area contributed by atoms with Crippen LogP contribution in [0.15, 0.2) is 24.3 Å². The van der Waals surface area contributed by atoms with Gasteiger partial charge in [0.15, 0.2) is 0 Å². The fourth-order valence-corrected chi connectivity index (χ4v) is 3.81. The molecule has 0 radical (unpaired) electrons. The lowest BCUT2D eigenvalue weighted by molar-refractivity contribution is -0.138. The maximum Gasteiger partial charge on any atom is 0.317 e. The van der Waals surface area contributed by atoms with Gasteiger partial charge in [-0.15, -0.1) is 11.3 Å². The zero-order valence-corrected chi connectivity index (χ0v) is 13.2. The number of aliphatic carboxylic acids is 1. The molecule has 1 N–H and O–H groups in total. The Morgan fingerprint density at radius 2 is 2.18 bits per heavy atom. The van der Waals surface area contributed by atoms with Crippen molar-refractivity contribution in [2.45, 2.75) is 19.4 Å². The largest absolute Gasteiger partial charge is 0.497 e. The third-order valence-electron chi connectivity index (χ3n) is 3.73. The van der Waals surface area contributed by atoms with Crippen molar-refractivity contribution in [3.63, 3.8) is 0 Å². The van der Waals surface area contributed by atoms with Crippen LogP contribution in [0.3, 0.4) is 0 Å². The number of thiazole rings is 1. The summed E-state index contributed by atoms with van der Waals surface area (Å²) in [6.45, 7) is 1.57. The summed E-state index contributed by atoms with van der Waals surface area (Å²) in [7, 11) is 1.66. The zero-order chi connectivity index (χ0) is 15.5. The van der Waals surface area contributed by atoms with Gasteiger partial charge in [-0.2, -0.15) is 0 Å². The zero-order valence-electron chi connectivity index (χ0n) is 12.4. The Balaban J connectivity index is 1.69. The molecule has 0 fully saturated rings. The van der Waals surface area contributed by atoms with Crippen LogP contribution in [-0.4, -0.2) is 41.2 Å². The lowest BCUT2D eigenvalue weighted by Crippen LogP contribution is -2.34. The van der Waals surface area contributed by atoms with Crippen molar-refractivity contribution in [3.05, 3.63) is 45.4 Å². The van der Waals surface area contributed by atoms with Gasteiger partial charge in [0.25, 0.3) is 0 Å². The van der Waals surface area contributed by atoms with Crippen molar-refractivity contribution >= 4 is 17.3 Å². The van der Waals surface area contributed by atoms with Crippen molar-refractivity contribution < 1.29 is 14.6 Å². The molecule has 0 saturated heterocycles. The Labute approximate surface area is 133 Å². The molecule has 0 bridgehead atoms. The third-order valence-corrected chi connectivity index (χ3v) is 4.81. The van der Waals surface area contributed by atoms with Crippen molar-refractivity contribution in [3.8, 4) is 5.75 Å². The molecule has 0 spiro atoms. The molecule has 6 heteroatoms. The summed E-state index contributed by atoms with van der Waals surface area (Å²) in [5.74, 6) is 0.0814. The Kier molecular flexibility index (Phi) is 4.40. The average Bonchev–Trinajstić information content (AvgIpc) is 2.89. The number of carboxylic acid groups (broad SMARTS) is 1. The molecule has 116 valence electrons. The highest BCUT2D eigenvalue weighted by Gasteiger charge is 2.22. The molecule has 2 aromatic rings. The van der Waals surface area contributed by atoms with Crippen LogP contribution in [0.25, 0.3) is 0 Å². The predicted molar refractivity (Wildman–Crippen MR) is 84.5 cm³/mol. The van der Waals surface area contributed by atoms with Crippen LogP contribution >= 0.6 is 11.3 Å². The van der Waals surface area contributed by atoms with Gasteiger partial charge in [-0.1, -0.05) is 12.1 Å². The van der Waals surface area contributed by atoms with Crippen LogP contribution in [-0.2, 0) is 24.2 Å². The van der Waals surface area contributed by atoms with Gasteiger partial charge in [0.1, 0.15) is 5.75 Å². The molecular weight excluding hydrogens is 300 g/mol. The first-order chi connectivity index (χ1) is 10.6. The molecule has 0 atom stereocenters. The first-order valence-electron chi connectivity index (χ1n) is 7.18. The number of nitrogens with zero attached hydrogens (tertiary/aromatic N) is 2. The minimum atomic E-state index is -0.772. The summed E-state index contributed by atoms with van der Waals surface area (Å²) in [6.07, 6.45) is 1.64. The van der Waals surface area contributed by atoms with E-state index in [1.807, 2.05) is 17.0 Å². The lowest BCUT2D eigenvalue weighted by atomic mass is 10.1. The van der Waals surface area contributed by atoms with Gasteiger partial charge >= 0.3 is 5.97 Å². The Hall–Kier alpha value is -1.92. The minimum absolute atomic E-state index is 0.102. The molecule has 0 amide bonds. The molecule has 1 aromatic carbocycles. The first-order valence-corrected chi connectivity index (χ1v) is 8.00. The smallest absolute Gasteiger partial charge is 0.317 e. The Morgan fingerprint density at radius 1 is 1.41 bits per heavy atom. The number of hydrogen-bond acceptors (Lipinski definition) is 5. The summed E-state index contributed by atoms with van der Waals surface area (Å²) in [5, 5.41) is 9.98. The van der Waals surface area contributed by atoms with Gasteiger partial charge in [0, 0.05) is 30.8 Å². The SMILES string of the molecule is COc1ccc(Cc2nc3c(s2)CN(CC(=O)O)CC3)cc1. The van der Waals surface area contributed by atoms with Gasteiger partial charge in [-0.05, 0) is 17.7 Å². The second-order valence-corrected chi connectivity index (χ2v) is 6.52. The maximum absolute atomic E-state index is 10.8. The number of rotatable bonds is 5. The average molecular weight is 318 g/mol. The number of ether oxygens (including phenoxy) is 1. The quantitative estimate of drug-likeness (QED) is 0.915. The van der Waals surface area contributed by atoms with Crippen LogP contribution in [0.2, 0.25) is 0 Å². The lowest BCUT2D eigenvalue weighted by Gasteiger charge is -2.23. The molecule has 3 rings (SSSR count). The normalized spacial score (nSPS) is 14.6. The van der Waals surface area contributed by atoms with Gasteiger partial charge in [0.05, 0.1) is 24.4 Å². The molecule has 1 aliphatic rings. The van der Waals surface area contributed by atoms with E-state index >= 15 is 0 Å². The van der Waals surface area contributed by atoms with E-state index in [4.69, 9.17) is 14.8 Å². The molecule has 1 aromatic heterocycles. The number of carbonyl (C=O) groups is 1. The van der Waals surface area contributed by atoms with Crippen LogP contribution in [0.4, 0.5) is 0 Å². The highest BCUT2D eigenvalue weighted by atomic mass is 32.1. The number of carboxylic acids is 1. The van der Waals surface area contributed by atoms with E-state index in [0.29, 0.717) is 6.54 Å². The molecule has 0 unspecified atom stereocenters. The van der Waals surface area contributed by atoms with Crippen LogP contribution < -0.4 is 4.74 Å². The predicted octanol–water partition coefficient (Wildman–Crippen LogP) is 2.19. The highest BCUT2D eigenvalue weighted by Crippen LogP contribution is 2.27. The molecule has 0 aliphatic carbocycles. The first kappa shape index (κ1) is 15.0. The van der Waals surface area contributed by atoms with Crippen LogP contribution in [0.5, 0.6) is 5.75 Å². The van der Waals surface area contributed by atoms with Gasteiger partial charge < -0.3 is 9.84 Å². The second-order valence-electron chi connectivity index (χ2n) is 5.36. The molecule has 0 saturated carbocycles. The monoisotopic (exact) mass is 318 g/mol. The molecule has 22 heavy (non-hydrogen) atoms. The number of hydrogen-bond donors (Lipinski definition) is 1.